The van der Waals surface area contributed by atoms with E-state index in [9.17, 15) is 9.59 Å². The Hall–Kier alpha value is -0.400. The average Bonchev–Trinajstić information content (AvgIpc) is 2.52. The average molecular weight is 550 g/mol. The lowest BCUT2D eigenvalue weighted by Gasteiger charge is -2.61. The first kappa shape index (κ1) is 18.9. The highest BCUT2D eigenvalue weighted by molar-refractivity contribution is 9.40. The van der Waals surface area contributed by atoms with Crippen LogP contribution in [0.3, 0.4) is 0 Å². The van der Waals surface area contributed by atoms with Crippen molar-refractivity contribution >= 4 is 59.7 Å². The van der Waals surface area contributed by atoms with Gasteiger partial charge in [-0.05, 0) is 104 Å². The first-order valence-electron chi connectivity index (χ1n) is 8.86. The SMILES string of the molecule is O=C(OC12CC3CC(CC(NC(=O)C(Br)(Br)Br)(C3)C1)C2)c1ccccc1. The van der Waals surface area contributed by atoms with E-state index in [4.69, 9.17) is 4.74 Å². The molecule has 4 nitrogen and oxygen atoms in total. The number of ether oxygens (including phenoxy) is 1. The number of amides is 1. The predicted molar refractivity (Wildman–Crippen MR) is 110 cm³/mol. The molecule has 7 heteroatoms. The van der Waals surface area contributed by atoms with Crippen LogP contribution < -0.4 is 5.32 Å². The second kappa shape index (κ2) is 6.59. The van der Waals surface area contributed by atoms with Gasteiger partial charge in [-0.3, -0.25) is 4.79 Å². The standard InChI is InChI=1S/C19H20Br3NO3/c20-19(21,22)16(25)23-17-7-12-6-13(8-17)10-18(9-12,11-17)26-15(24)14-4-2-1-3-5-14/h1-5,12-13H,6-11H2,(H,23,25). The predicted octanol–water partition coefficient (Wildman–Crippen LogP) is 4.89. The number of nitrogens with one attached hydrogen (secondary N) is 1. The van der Waals surface area contributed by atoms with Gasteiger partial charge in [0, 0.05) is 12.0 Å². The van der Waals surface area contributed by atoms with Crippen LogP contribution in [0.5, 0.6) is 0 Å². The fourth-order valence-corrected chi connectivity index (χ4v) is 5.88. The Balaban J connectivity index is 1.56. The Morgan fingerprint density at radius 2 is 1.65 bits per heavy atom. The van der Waals surface area contributed by atoms with Gasteiger partial charge in [-0.1, -0.05) is 18.2 Å². The minimum Gasteiger partial charge on any atom is -0.455 e. The zero-order valence-electron chi connectivity index (χ0n) is 14.1. The van der Waals surface area contributed by atoms with Crippen molar-refractivity contribution in [3.8, 4) is 0 Å². The van der Waals surface area contributed by atoms with Crippen LogP contribution in [0.2, 0.25) is 0 Å². The fraction of sp³-hybridized carbons (Fsp3) is 0.579. The molecule has 4 bridgehead atoms. The molecule has 0 heterocycles. The summed E-state index contributed by atoms with van der Waals surface area (Å²) in [7, 11) is 0. The largest absolute Gasteiger partial charge is 0.455 e. The quantitative estimate of drug-likeness (QED) is 0.431. The Labute approximate surface area is 178 Å². The molecule has 26 heavy (non-hydrogen) atoms. The highest BCUT2D eigenvalue weighted by Crippen LogP contribution is 2.59. The van der Waals surface area contributed by atoms with E-state index in [0.29, 0.717) is 23.8 Å². The van der Waals surface area contributed by atoms with Crippen LogP contribution in [0.15, 0.2) is 30.3 Å². The number of benzene rings is 1. The molecule has 2 atom stereocenters. The molecular formula is C19H20Br3NO3. The van der Waals surface area contributed by atoms with Crippen molar-refractivity contribution in [2.24, 2.45) is 11.8 Å². The van der Waals surface area contributed by atoms with Crippen molar-refractivity contribution in [2.45, 2.75) is 51.8 Å². The maximum absolute atomic E-state index is 12.7. The molecule has 1 aromatic carbocycles. The lowest BCUT2D eigenvalue weighted by molar-refractivity contribution is -0.153. The fourth-order valence-electron chi connectivity index (χ4n) is 5.59. The summed E-state index contributed by atoms with van der Waals surface area (Å²) >= 11 is 9.91. The third kappa shape index (κ3) is 3.63. The number of carbonyl (C=O) groups is 2. The van der Waals surface area contributed by atoms with Crippen LogP contribution in [-0.2, 0) is 9.53 Å². The molecule has 5 rings (SSSR count). The molecule has 0 spiro atoms. The first-order valence-corrected chi connectivity index (χ1v) is 11.2. The van der Waals surface area contributed by atoms with Crippen LogP contribution in [0.25, 0.3) is 0 Å². The highest BCUT2D eigenvalue weighted by Gasteiger charge is 2.60. The van der Waals surface area contributed by atoms with E-state index in [1.807, 2.05) is 18.2 Å². The number of halogens is 3. The van der Waals surface area contributed by atoms with E-state index in [2.05, 4.69) is 53.1 Å². The Morgan fingerprint density at radius 1 is 1.04 bits per heavy atom. The monoisotopic (exact) mass is 547 g/mol. The van der Waals surface area contributed by atoms with E-state index in [-0.39, 0.29) is 17.4 Å². The van der Waals surface area contributed by atoms with E-state index in [1.165, 1.54) is 6.42 Å². The molecule has 4 fully saturated rings. The lowest BCUT2D eigenvalue weighted by Crippen LogP contribution is -2.67. The number of carbonyl (C=O) groups excluding carboxylic acids is 2. The number of hydrogen-bond donors (Lipinski definition) is 1. The zero-order chi connectivity index (χ0) is 18.6. The third-order valence-electron chi connectivity index (χ3n) is 5.96. The summed E-state index contributed by atoms with van der Waals surface area (Å²) < 4.78 is 5.14. The topological polar surface area (TPSA) is 55.4 Å². The van der Waals surface area contributed by atoms with Crippen LogP contribution in [-0.4, -0.2) is 25.2 Å². The third-order valence-corrected chi connectivity index (χ3v) is 7.04. The second-order valence-electron chi connectivity index (χ2n) is 8.13. The highest BCUT2D eigenvalue weighted by atomic mass is 80.0. The maximum Gasteiger partial charge on any atom is 0.338 e. The van der Waals surface area contributed by atoms with Crippen LogP contribution in [0.1, 0.15) is 48.9 Å². The Bertz CT molecular complexity index is 717. The van der Waals surface area contributed by atoms with Crippen molar-refractivity contribution in [3.63, 3.8) is 0 Å². The Kier molecular flexibility index (Phi) is 4.80. The summed E-state index contributed by atoms with van der Waals surface area (Å²) in [5, 5.41) is 3.23. The first-order chi connectivity index (χ1) is 12.2. The number of alkyl halides is 3. The van der Waals surface area contributed by atoms with Crippen LogP contribution >= 0.6 is 47.8 Å². The van der Waals surface area contributed by atoms with Gasteiger partial charge in [-0.2, -0.15) is 0 Å². The summed E-state index contributed by atoms with van der Waals surface area (Å²) in [6.45, 7) is 0. The van der Waals surface area contributed by atoms with Gasteiger partial charge >= 0.3 is 5.97 Å². The number of hydrogen-bond acceptors (Lipinski definition) is 3. The molecule has 0 aliphatic heterocycles. The van der Waals surface area contributed by atoms with Crippen molar-refractivity contribution < 1.29 is 14.3 Å². The normalized spacial score (nSPS) is 35.2. The van der Waals surface area contributed by atoms with Gasteiger partial charge in [0.15, 0.2) is 0 Å². The molecule has 0 aromatic heterocycles. The lowest BCUT2D eigenvalue weighted by atomic mass is 9.51. The minimum absolute atomic E-state index is 0.149. The van der Waals surface area contributed by atoms with Gasteiger partial charge in [0.2, 0.25) is 2.14 Å². The summed E-state index contributed by atoms with van der Waals surface area (Å²) in [4.78, 5) is 25.2. The second-order valence-corrected chi connectivity index (χ2v) is 14.9. The minimum atomic E-state index is -0.968. The van der Waals surface area contributed by atoms with Crippen molar-refractivity contribution in [3.05, 3.63) is 35.9 Å². The van der Waals surface area contributed by atoms with E-state index < -0.39 is 7.74 Å². The molecule has 2 unspecified atom stereocenters. The molecule has 4 saturated carbocycles. The maximum atomic E-state index is 12.7. The van der Waals surface area contributed by atoms with Gasteiger partial charge in [-0.15, -0.1) is 0 Å². The smallest absolute Gasteiger partial charge is 0.338 e. The van der Waals surface area contributed by atoms with Crippen molar-refractivity contribution in [1.82, 2.24) is 5.32 Å². The summed E-state index contributed by atoms with van der Waals surface area (Å²) in [5.41, 5.74) is -0.168. The molecule has 4 aliphatic rings. The van der Waals surface area contributed by atoms with E-state index in [1.54, 1.807) is 12.1 Å². The summed E-state index contributed by atoms with van der Waals surface area (Å²) in [6, 6.07) is 9.16. The van der Waals surface area contributed by atoms with Crippen LogP contribution in [0.4, 0.5) is 0 Å². The molecule has 4 aliphatic carbocycles. The van der Waals surface area contributed by atoms with Crippen molar-refractivity contribution in [1.29, 1.82) is 0 Å². The number of rotatable bonds is 3. The summed E-state index contributed by atoms with van der Waals surface area (Å²) in [5.74, 6) is 0.583. The van der Waals surface area contributed by atoms with Gasteiger partial charge in [-0.25, -0.2) is 4.79 Å². The molecule has 1 amide bonds. The van der Waals surface area contributed by atoms with E-state index in [0.717, 1.165) is 25.7 Å². The van der Waals surface area contributed by atoms with Gasteiger partial charge in [0.1, 0.15) is 5.60 Å². The summed E-state index contributed by atoms with van der Waals surface area (Å²) in [6.07, 6.45) is 5.60. The molecule has 140 valence electrons. The molecule has 1 N–H and O–H groups in total. The van der Waals surface area contributed by atoms with Gasteiger partial charge in [0.05, 0.1) is 5.56 Å². The Morgan fingerprint density at radius 3 is 2.23 bits per heavy atom. The zero-order valence-corrected chi connectivity index (χ0v) is 18.9. The van der Waals surface area contributed by atoms with Gasteiger partial charge in [0.25, 0.3) is 5.91 Å². The van der Waals surface area contributed by atoms with Crippen molar-refractivity contribution in [2.75, 3.05) is 0 Å². The van der Waals surface area contributed by atoms with Crippen LogP contribution in [0, 0.1) is 11.8 Å². The molecule has 1 aromatic rings. The molecule has 0 radical (unpaired) electrons. The van der Waals surface area contributed by atoms with E-state index >= 15 is 0 Å². The molecule has 0 saturated heterocycles. The number of esters is 1. The van der Waals surface area contributed by atoms with Gasteiger partial charge < -0.3 is 10.1 Å². The molecular weight excluding hydrogens is 530 g/mol.